The molecule has 1 aliphatic rings. The highest BCUT2D eigenvalue weighted by molar-refractivity contribution is 7.09. The molecule has 0 spiro atoms. The smallest absolute Gasteiger partial charge is 0.236 e. The molecule has 0 aliphatic carbocycles. The quantitative estimate of drug-likeness (QED) is 0.705. The van der Waals surface area contributed by atoms with Gasteiger partial charge in [0, 0.05) is 18.5 Å². The molecule has 3 rings (SSSR count). The number of carbonyl (C=O) groups excluding carboxylic acids is 2. The fourth-order valence-electron chi connectivity index (χ4n) is 3.47. The van der Waals surface area contributed by atoms with Gasteiger partial charge in [-0.1, -0.05) is 32.0 Å². The lowest BCUT2D eigenvalue weighted by molar-refractivity contribution is -0.143. The van der Waals surface area contributed by atoms with Gasteiger partial charge in [-0.25, -0.2) is 9.37 Å². The van der Waals surface area contributed by atoms with E-state index in [9.17, 15) is 14.0 Å². The molecule has 0 unspecified atom stereocenters. The standard InChI is InChI=1S/C20H25FN4O2S/c1-13(2)16-10-28-18(24-16)9-25-11-20(12-25,19(27)23-8-17(22)26)7-14-5-3-4-6-15(14)21/h3-6,10,13H,7-9,11-12H2,1-2H3,(H2,22,26)(H,23,27). The number of aromatic nitrogens is 1. The highest BCUT2D eigenvalue weighted by Gasteiger charge is 2.49. The third-order valence-corrected chi connectivity index (χ3v) is 5.82. The van der Waals surface area contributed by atoms with Gasteiger partial charge in [-0.05, 0) is 24.0 Å². The number of benzene rings is 1. The largest absolute Gasteiger partial charge is 0.368 e. The molecule has 1 aromatic heterocycles. The van der Waals surface area contributed by atoms with Crippen molar-refractivity contribution in [3.05, 3.63) is 51.7 Å². The van der Waals surface area contributed by atoms with Gasteiger partial charge in [0.25, 0.3) is 0 Å². The highest BCUT2D eigenvalue weighted by atomic mass is 32.1. The number of primary amides is 1. The van der Waals surface area contributed by atoms with Crippen LogP contribution in [0, 0.1) is 11.2 Å². The Bertz CT molecular complexity index is 861. The molecule has 0 saturated carbocycles. The van der Waals surface area contributed by atoms with Crippen LogP contribution in [0.3, 0.4) is 0 Å². The van der Waals surface area contributed by atoms with Crippen LogP contribution >= 0.6 is 11.3 Å². The number of carbonyl (C=O) groups is 2. The number of hydrogen-bond donors (Lipinski definition) is 2. The second-order valence-electron chi connectivity index (χ2n) is 7.66. The van der Waals surface area contributed by atoms with Crippen molar-refractivity contribution in [1.82, 2.24) is 15.2 Å². The topological polar surface area (TPSA) is 88.3 Å². The average Bonchev–Trinajstić information content (AvgIpc) is 3.08. The molecular weight excluding hydrogens is 379 g/mol. The Morgan fingerprint density at radius 1 is 1.36 bits per heavy atom. The van der Waals surface area contributed by atoms with Crippen LogP contribution in [-0.2, 0) is 22.6 Å². The maximum absolute atomic E-state index is 14.2. The van der Waals surface area contributed by atoms with Gasteiger partial charge in [-0.15, -0.1) is 11.3 Å². The molecule has 1 aromatic carbocycles. The van der Waals surface area contributed by atoms with Crippen molar-refractivity contribution in [3.63, 3.8) is 0 Å². The minimum atomic E-state index is -0.782. The first-order valence-electron chi connectivity index (χ1n) is 9.26. The third kappa shape index (κ3) is 4.56. The van der Waals surface area contributed by atoms with Crippen molar-refractivity contribution in [2.75, 3.05) is 19.6 Å². The first kappa shape index (κ1) is 20.4. The van der Waals surface area contributed by atoms with Gasteiger partial charge in [0.05, 0.1) is 24.2 Å². The second-order valence-corrected chi connectivity index (χ2v) is 8.61. The van der Waals surface area contributed by atoms with Crippen LogP contribution in [0.25, 0.3) is 0 Å². The van der Waals surface area contributed by atoms with E-state index in [1.807, 2.05) is 0 Å². The van der Waals surface area contributed by atoms with E-state index in [0.29, 0.717) is 31.1 Å². The number of rotatable bonds is 8. The Morgan fingerprint density at radius 3 is 2.68 bits per heavy atom. The lowest BCUT2D eigenvalue weighted by Crippen LogP contribution is -2.64. The molecule has 150 valence electrons. The Labute approximate surface area is 167 Å². The zero-order chi connectivity index (χ0) is 20.3. The Hall–Kier alpha value is -2.32. The van der Waals surface area contributed by atoms with Gasteiger partial charge in [0.1, 0.15) is 10.8 Å². The molecule has 2 amide bonds. The van der Waals surface area contributed by atoms with Crippen molar-refractivity contribution >= 4 is 23.2 Å². The zero-order valence-electron chi connectivity index (χ0n) is 16.1. The number of amides is 2. The predicted octanol–water partition coefficient (Wildman–Crippen LogP) is 2.05. The highest BCUT2D eigenvalue weighted by Crippen LogP contribution is 2.36. The van der Waals surface area contributed by atoms with Crippen LogP contribution in [0.2, 0.25) is 0 Å². The molecule has 3 N–H and O–H groups in total. The normalized spacial score (nSPS) is 16.0. The van der Waals surface area contributed by atoms with Crippen LogP contribution < -0.4 is 11.1 Å². The zero-order valence-corrected chi connectivity index (χ0v) is 16.9. The summed E-state index contributed by atoms with van der Waals surface area (Å²) in [4.78, 5) is 30.6. The predicted molar refractivity (Wildman–Crippen MR) is 106 cm³/mol. The molecular formula is C20H25FN4O2S. The molecule has 2 aromatic rings. The van der Waals surface area contributed by atoms with Crippen LogP contribution in [0.15, 0.2) is 29.6 Å². The third-order valence-electron chi connectivity index (χ3n) is 4.96. The first-order chi connectivity index (χ1) is 13.3. The number of nitrogens with zero attached hydrogens (tertiary/aromatic N) is 2. The number of hydrogen-bond acceptors (Lipinski definition) is 5. The maximum atomic E-state index is 14.2. The van der Waals surface area contributed by atoms with E-state index >= 15 is 0 Å². The molecule has 8 heteroatoms. The maximum Gasteiger partial charge on any atom is 0.236 e. The second kappa shape index (κ2) is 8.36. The Balaban J connectivity index is 1.70. The van der Waals surface area contributed by atoms with Crippen LogP contribution in [0.1, 0.15) is 36.0 Å². The summed E-state index contributed by atoms with van der Waals surface area (Å²) >= 11 is 1.61. The lowest BCUT2D eigenvalue weighted by atomic mass is 9.73. The summed E-state index contributed by atoms with van der Waals surface area (Å²) < 4.78 is 14.2. The van der Waals surface area contributed by atoms with Gasteiger partial charge in [-0.3, -0.25) is 14.5 Å². The summed E-state index contributed by atoms with van der Waals surface area (Å²) in [6.07, 6.45) is 0.274. The van der Waals surface area contributed by atoms with E-state index in [4.69, 9.17) is 5.73 Å². The molecule has 0 radical (unpaired) electrons. The number of likely N-dealkylation sites (tertiary alicyclic amines) is 1. The van der Waals surface area contributed by atoms with Crippen molar-refractivity contribution in [3.8, 4) is 0 Å². The minimum Gasteiger partial charge on any atom is -0.368 e. The fraction of sp³-hybridized carbons (Fsp3) is 0.450. The molecule has 2 heterocycles. The summed E-state index contributed by atoms with van der Waals surface area (Å²) in [6, 6.07) is 6.47. The monoisotopic (exact) mass is 404 g/mol. The molecule has 1 saturated heterocycles. The van der Waals surface area contributed by atoms with Gasteiger partial charge >= 0.3 is 0 Å². The van der Waals surface area contributed by atoms with Gasteiger partial charge in [-0.2, -0.15) is 0 Å². The van der Waals surface area contributed by atoms with E-state index < -0.39 is 11.3 Å². The van der Waals surface area contributed by atoms with Gasteiger partial charge in [0.15, 0.2) is 0 Å². The number of thiazole rings is 1. The summed E-state index contributed by atoms with van der Waals surface area (Å²) in [5, 5.41) is 5.65. The van der Waals surface area contributed by atoms with E-state index in [0.717, 1.165) is 10.7 Å². The summed E-state index contributed by atoms with van der Waals surface area (Å²) in [6.45, 7) is 5.59. The Morgan fingerprint density at radius 2 is 2.07 bits per heavy atom. The molecule has 28 heavy (non-hydrogen) atoms. The summed E-state index contributed by atoms with van der Waals surface area (Å²) in [7, 11) is 0. The minimum absolute atomic E-state index is 0.220. The number of halogens is 1. The summed E-state index contributed by atoms with van der Waals surface area (Å²) in [5.41, 5.74) is 5.92. The van der Waals surface area contributed by atoms with E-state index in [-0.39, 0.29) is 24.7 Å². The number of nitrogens with one attached hydrogen (secondary N) is 1. The van der Waals surface area contributed by atoms with E-state index in [2.05, 4.69) is 34.4 Å². The molecule has 1 fully saturated rings. The first-order valence-corrected chi connectivity index (χ1v) is 10.1. The van der Waals surface area contributed by atoms with Gasteiger partial charge in [0.2, 0.25) is 11.8 Å². The van der Waals surface area contributed by atoms with Gasteiger partial charge < -0.3 is 11.1 Å². The fourth-order valence-corrected chi connectivity index (χ4v) is 4.47. The van der Waals surface area contributed by atoms with Crippen LogP contribution in [-0.4, -0.2) is 41.3 Å². The van der Waals surface area contributed by atoms with E-state index in [1.165, 1.54) is 6.07 Å². The van der Waals surface area contributed by atoms with Crippen molar-refractivity contribution in [1.29, 1.82) is 0 Å². The Kier molecular flexibility index (Phi) is 6.10. The number of nitrogens with two attached hydrogens (primary N) is 1. The van der Waals surface area contributed by atoms with E-state index in [1.54, 1.807) is 29.5 Å². The van der Waals surface area contributed by atoms with Crippen LogP contribution in [0.4, 0.5) is 4.39 Å². The van der Waals surface area contributed by atoms with Crippen molar-refractivity contribution in [2.45, 2.75) is 32.7 Å². The SMILES string of the molecule is CC(C)c1csc(CN2CC(Cc3ccccc3F)(C(=O)NCC(N)=O)C2)n1. The molecule has 1 aliphatic heterocycles. The van der Waals surface area contributed by atoms with Crippen molar-refractivity contribution < 1.29 is 14.0 Å². The summed E-state index contributed by atoms with van der Waals surface area (Å²) in [5.74, 6) is -0.826. The molecule has 6 nitrogen and oxygen atoms in total. The lowest BCUT2D eigenvalue weighted by Gasteiger charge is -2.48. The average molecular weight is 405 g/mol. The molecule has 0 bridgehead atoms. The molecule has 0 atom stereocenters. The van der Waals surface area contributed by atoms with Crippen LogP contribution in [0.5, 0.6) is 0 Å². The van der Waals surface area contributed by atoms with Crippen molar-refractivity contribution in [2.24, 2.45) is 11.1 Å².